The molecule has 4 rings (SSSR count). The standard InChI is InChI=1S/C19H19ClFNO4/c1-2-3-8-25-18(24)15-14-6-7-19(26-14)10-22(17(23)16(15)19)11-4-5-12(20)13(21)9-11/h4-7,9,14-16H,2-3,8,10H2,1H3/t14-,15+,16+,19-/m1/s1. The summed E-state index contributed by atoms with van der Waals surface area (Å²) in [5.74, 6) is -2.56. The number of amides is 1. The lowest BCUT2D eigenvalue weighted by Gasteiger charge is -2.22. The summed E-state index contributed by atoms with van der Waals surface area (Å²) in [6.07, 6.45) is 4.92. The average Bonchev–Trinajstić information content (AvgIpc) is 3.26. The van der Waals surface area contributed by atoms with Crippen molar-refractivity contribution in [2.45, 2.75) is 31.5 Å². The number of anilines is 1. The Bertz CT molecular complexity index is 798. The van der Waals surface area contributed by atoms with Crippen molar-refractivity contribution in [3.05, 3.63) is 41.2 Å². The molecule has 0 aliphatic carbocycles. The van der Waals surface area contributed by atoms with Crippen molar-refractivity contribution in [1.29, 1.82) is 0 Å². The number of fused-ring (bicyclic) bond motifs is 1. The molecule has 26 heavy (non-hydrogen) atoms. The van der Waals surface area contributed by atoms with Crippen LogP contribution < -0.4 is 4.90 Å². The summed E-state index contributed by atoms with van der Waals surface area (Å²) in [7, 11) is 0. The van der Waals surface area contributed by atoms with Gasteiger partial charge in [0.15, 0.2) is 0 Å². The lowest BCUT2D eigenvalue weighted by Crippen LogP contribution is -2.40. The van der Waals surface area contributed by atoms with E-state index in [1.807, 2.05) is 19.1 Å². The highest BCUT2D eigenvalue weighted by Crippen LogP contribution is 2.53. The van der Waals surface area contributed by atoms with E-state index in [9.17, 15) is 14.0 Å². The molecular formula is C19H19ClFNO4. The molecule has 0 aromatic heterocycles. The number of halogens is 2. The molecule has 2 saturated heterocycles. The molecule has 3 heterocycles. The minimum atomic E-state index is -0.855. The van der Waals surface area contributed by atoms with Crippen LogP contribution in [0.5, 0.6) is 0 Å². The third kappa shape index (κ3) is 2.55. The van der Waals surface area contributed by atoms with Crippen LogP contribution >= 0.6 is 11.6 Å². The van der Waals surface area contributed by atoms with E-state index in [1.165, 1.54) is 17.0 Å². The normalized spacial score (nSPS) is 31.6. The third-order valence-electron chi connectivity index (χ3n) is 5.33. The molecule has 5 nitrogen and oxygen atoms in total. The van der Waals surface area contributed by atoms with Crippen molar-refractivity contribution < 1.29 is 23.5 Å². The Labute approximate surface area is 155 Å². The molecule has 7 heteroatoms. The Hall–Kier alpha value is -1.92. The quantitative estimate of drug-likeness (QED) is 0.448. The fraction of sp³-hybridized carbons (Fsp3) is 0.474. The molecular weight excluding hydrogens is 361 g/mol. The molecule has 2 fully saturated rings. The van der Waals surface area contributed by atoms with Crippen LogP contribution in [0, 0.1) is 17.7 Å². The monoisotopic (exact) mass is 379 g/mol. The van der Waals surface area contributed by atoms with Gasteiger partial charge < -0.3 is 14.4 Å². The second-order valence-corrected chi connectivity index (χ2v) is 7.35. The molecule has 1 amide bonds. The summed E-state index contributed by atoms with van der Waals surface area (Å²) in [5, 5.41) is -0.00629. The van der Waals surface area contributed by atoms with Crippen LogP contribution in [0.15, 0.2) is 30.4 Å². The number of benzene rings is 1. The molecule has 4 atom stereocenters. The molecule has 1 aromatic rings. The molecule has 3 aliphatic heterocycles. The summed E-state index contributed by atoms with van der Waals surface area (Å²) in [6, 6.07) is 4.23. The Balaban J connectivity index is 1.60. The minimum absolute atomic E-state index is 0.00629. The van der Waals surface area contributed by atoms with Gasteiger partial charge in [-0.15, -0.1) is 0 Å². The maximum absolute atomic E-state index is 13.8. The van der Waals surface area contributed by atoms with Crippen molar-refractivity contribution in [3.63, 3.8) is 0 Å². The van der Waals surface area contributed by atoms with Gasteiger partial charge in [-0.05, 0) is 24.6 Å². The molecule has 0 saturated carbocycles. The largest absolute Gasteiger partial charge is 0.465 e. The number of hydrogen-bond acceptors (Lipinski definition) is 4. The molecule has 0 unspecified atom stereocenters. The summed E-state index contributed by atoms with van der Waals surface area (Å²) < 4.78 is 25.2. The smallest absolute Gasteiger partial charge is 0.312 e. The van der Waals surface area contributed by atoms with Gasteiger partial charge >= 0.3 is 5.97 Å². The highest BCUT2D eigenvalue weighted by Gasteiger charge is 2.67. The first-order chi connectivity index (χ1) is 12.5. The Morgan fingerprint density at radius 2 is 2.31 bits per heavy atom. The SMILES string of the molecule is CCCCOC(=O)[C@@H]1[C@H]2C(=O)N(c3ccc(Cl)c(F)c3)C[C@]23C=C[C@H]1O3. The van der Waals surface area contributed by atoms with Gasteiger partial charge in [0, 0.05) is 5.69 Å². The lowest BCUT2D eigenvalue weighted by molar-refractivity contribution is -0.152. The maximum Gasteiger partial charge on any atom is 0.312 e. The predicted molar refractivity (Wildman–Crippen MR) is 93.4 cm³/mol. The second kappa shape index (κ2) is 6.35. The minimum Gasteiger partial charge on any atom is -0.465 e. The van der Waals surface area contributed by atoms with Gasteiger partial charge in [0.25, 0.3) is 0 Å². The van der Waals surface area contributed by atoms with Crippen molar-refractivity contribution in [1.82, 2.24) is 0 Å². The number of unbranched alkanes of at least 4 members (excludes halogenated alkanes) is 1. The number of rotatable bonds is 5. The lowest BCUT2D eigenvalue weighted by atomic mass is 9.77. The second-order valence-electron chi connectivity index (χ2n) is 6.94. The van der Waals surface area contributed by atoms with Gasteiger partial charge in [-0.1, -0.05) is 37.1 Å². The zero-order chi connectivity index (χ0) is 18.5. The van der Waals surface area contributed by atoms with Crippen molar-refractivity contribution >= 4 is 29.2 Å². The first-order valence-corrected chi connectivity index (χ1v) is 9.15. The van der Waals surface area contributed by atoms with Gasteiger partial charge in [0.2, 0.25) is 5.91 Å². The number of nitrogens with zero attached hydrogens (tertiary/aromatic N) is 1. The van der Waals surface area contributed by atoms with E-state index in [0.717, 1.165) is 12.8 Å². The topological polar surface area (TPSA) is 55.8 Å². The van der Waals surface area contributed by atoms with Crippen LogP contribution in [0.4, 0.5) is 10.1 Å². The first kappa shape index (κ1) is 17.5. The summed E-state index contributed by atoms with van der Waals surface area (Å²) in [4.78, 5) is 27.1. The fourth-order valence-electron chi connectivity index (χ4n) is 4.05. The maximum atomic E-state index is 13.8. The van der Waals surface area contributed by atoms with E-state index >= 15 is 0 Å². The zero-order valence-corrected chi connectivity index (χ0v) is 15.0. The van der Waals surface area contributed by atoms with Gasteiger partial charge in [0.1, 0.15) is 17.3 Å². The highest BCUT2D eigenvalue weighted by atomic mass is 35.5. The summed E-state index contributed by atoms with van der Waals surface area (Å²) in [6.45, 7) is 2.58. The van der Waals surface area contributed by atoms with Gasteiger partial charge in [0.05, 0.1) is 30.2 Å². The van der Waals surface area contributed by atoms with E-state index in [0.29, 0.717) is 12.3 Å². The van der Waals surface area contributed by atoms with E-state index in [-0.39, 0.29) is 17.5 Å². The summed E-state index contributed by atoms with van der Waals surface area (Å²) in [5.41, 5.74) is -0.453. The Morgan fingerprint density at radius 1 is 1.50 bits per heavy atom. The number of carbonyl (C=O) groups is 2. The third-order valence-corrected chi connectivity index (χ3v) is 5.64. The van der Waals surface area contributed by atoms with E-state index < -0.39 is 35.3 Å². The molecule has 0 N–H and O–H groups in total. The van der Waals surface area contributed by atoms with Gasteiger partial charge in [-0.3, -0.25) is 9.59 Å². The van der Waals surface area contributed by atoms with Gasteiger partial charge in [-0.25, -0.2) is 4.39 Å². The Kier molecular flexibility index (Phi) is 4.28. The zero-order valence-electron chi connectivity index (χ0n) is 14.3. The van der Waals surface area contributed by atoms with Gasteiger partial charge in [-0.2, -0.15) is 0 Å². The Morgan fingerprint density at radius 3 is 3.04 bits per heavy atom. The highest BCUT2D eigenvalue weighted by molar-refractivity contribution is 6.30. The molecule has 1 aromatic carbocycles. The predicted octanol–water partition coefficient (Wildman–Crippen LogP) is 3.11. The van der Waals surface area contributed by atoms with Crippen molar-refractivity contribution in [2.24, 2.45) is 11.8 Å². The first-order valence-electron chi connectivity index (χ1n) is 8.77. The summed E-state index contributed by atoms with van der Waals surface area (Å²) >= 11 is 5.73. The molecule has 138 valence electrons. The van der Waals surface area contributed by atoms with Crippen LogP contribution in [-0.2, 0) is 19.1 Å². The van der Waals surface area contributed by atoms with Crippen LogP contribution in [0.1, 0.15) is 19.8 Å². The van der Waals surface area contributed by atoms with Crippen LogP contribution in [-0.4, -0.2) is 36.7 Å². The molecule has 0 radical (unpaired) electrons. The van der Waals surface area contributed by atoms with E-state index in [1.54, 1.807) is 6.07 Å². The fourth-order valence-corrected chi connectivity index (χ4v) is 4.17. The molecule has 2 bridgehead atoms. The number of esters is 1. The number of carbonyl (C=O) groups excluding carboxylic acids is 2. The molecule has 1 spiro atoms. The number of ether oxygens (including phenoxy) is 2. The van der Waals surface area contributed by atoms with Crippen LogP contribution in [0.3, 0.4) is 0 Å². The number of hydrogen-bond donors (Lipinski definition) is 0. The van der Waals surface area contributed by atoms with E-state index in [4.69, 9.17) is 21.1 Å². The van der Waals surface area contributed by atoms with Crippen molar-refractivity contribution in [3.8, 4) is 0 Å². The van der Waals surface area contributed by atoms with E-state index in [2.05, 4.69) is 0 Å². The van der Waals surface area contributed by atoms with Crippen molar-refractivity contribution in [2.75, 3.05) is 18.1 Å². The van der Waals surface area contributed by atoms with Crippen LogP contribution in [0.25, 0.3) is 0 Å². The molecule has 3 aliphatic rings. The average molecular weight is 380 g/mol. The van der Waals surface area contributed by atoms with Crippen LogP contribution in [0.2, 0.25) is 5.02 Å².